The van der Waals surface area contributed by atoms with Crippen molar-refractivity contribution in [1.82, 2.24) is 0 Å². The Morgan fingerprint density at radius 1 is 1.54 bits per heavy atom. The van der Waals surface area contributed by atoms with Crippen LogP contribution in [-0.4, -0.2) is 11.9 Å². The number of rotatable bonds is 3. The molecule has 0 fully saturated rings. The van der Waals surface area contributed by atoms with Crippen molar-refractivity contribution < 1.29 is 4.74 Å². The van der Waals surface area contributed by atoms with Gasteiger partial charge in [0.25, 0.3) is 0 Å². The molecule has 1 aromatic carbocycles. The lowest BCUT2D eigenvalue weighted by molar-refractivity contribution is 0.342. The van der Waals surface area contributed by atoms with E-state index < -0.39 is 0 Å². The third-order valence-electron chi connectivity index (χ3n) is 1.65. The van der Waals surface area contributed by atoms with E-state index in [0.29, 0.717) is 12.2 Å². The van der Waals surface area contributed by atoms with Crippen LogP contribution in [0.25, 0.3) is 0 Å². The third-order valence-corrected chi connectivity index (χ3v) is 1.98. The maximum Gasteiger partial charge on any atom is 0.123 e. The highest BCUT2D eigenvalue weighted by Crippen LogP contribution is 2.18. The van der Waals surface area contributed by atoms with Crippen molar-refractivity contribution in [1.29, 1.82) is 5.26 Å². The first-order valence-corrected chi connectivity index (χ1v) is 5.09. The predicted molar refractivity (Wildman–Crippen MR) is 55.2 cm³/mol. The lowest BCUT2D eigenvalue weighted by Gasteiger charge is -2.07. The van der Waals surface area contributed by atoms with Gasteiger partial charge in [-0.15, -0.1) is 0 Å². The molecule has 0 spiro atoms. The molecule has 0 atom stereocenters. The molecule has 0 saturated carbocycles. The Morgan fingerprint density at radius 3 is 2.92 bits per heavy atom. The molecular weight excluding hydrogens is 230 g/mol. The van der Waals surface area contributed by atoms with E-state index in [4.69, 9.17) is 10.00 Å². The Morgan fingerprint density at radius 2 is 2.31 bits per heavy atom. The molecule has 13 heavy (non-hydrogen) atoms. The van der Waals surface area contributed by atoms with Crippen molar-refractivity contribution in [2.75, 3.05) is 11.9 Å². The summed E-state index contributed by atoms with van der Waals surface area (Å²) in [6, 6.07) is 7.52. The van der Waals surface area contributed by atoms with Crippen molar-refractivity contribution in [3.05, 3.63) is 29.3 Å². The molecule has 1 aromatic rings. The molecular formula is C10H10BrNO. The summed E-state index contributed by atoms with van der Waals surface area (Å²) in [7, 11) is 0. The van der Waals surface area contributed by atoms with Gasteiger partial charge in [-0.1, -0.05) is 22.0 Å². The maximum absolute atomic E-state index is 8.66. The van der Waals surface area contributed by atoms with Crippen LogP contribution in [-0.2, 0) is 0 Å². The minimum absolute atomic E-state index is 0.621. The summed E-state index contributed by atoms with van der Waals surface area (Å²) in [5.74, 6) is 0.790. The molecule has 68 valence electrons. The van der Waals surface area contributed by atoms with E-state index in [1.165, 1.54) is 0 Å². The van der Waals surface area contributed by atoms with Crippen LogP contribution < -0.4 is 4.74 Å². The first-order chi connectivity index (χ1) is 6.27. The molecule has 0 aromatic heterocycles. The van der Waals surface area contributed by atoms with Gasteiger partial charge >= 0.3 is 0 Å². The average Bonchev–Trinajstić information content (AvgIpc) is 2.17. The largest absolute Gasteiger partial charge is 0.492 e. The van der Waals surface area contributed by atoms with Crippen molar-refractivity contribution >= 4 is 15.9 Å². The molecule has 0 bridgehead atoms. The van der Waals surface area contributed by atoms with Gasteiger partial charge in [0.15, 0.2) is 0 Å². The van der Waals surface area contributed by atoms with Gasteiger partial charge in [0.1, 0.15) is 5.75 Å². The number of nitriles is 1. The highest BCUT2D eigenvalue weighted by atomic mass is 79.9. The molecule has 1 rings (SSSR count). The Hall–Kier alpha value is -1.01. The topological polar surface area (TPSA) is 33.0 Å². The summed E-state index contributed by atoms with van der Waals surface area (Å²) in [4.78, 5) is 0. The van der Waals surface area contributed by atoms with Crippen LogP contribution in [0, 0.1) is 18.3 Å². The third kappa shape index (κ3) is 2.74. The van der Waals surface area contributed by atoms with Crippen molar-refractivity contribution in [3.8, 4) is 11.8 Å². The van der Waals surface area contributed by atoms with Crippen LogP contribution in [0.15, 0.2) is 18.2 Å². The molecule has 0 saturated heterocycles. The maximum atomic E-state index is 8.66. The SMILES string of the molecule is Cc1ccc(C#N)cc1OCCBr. The van der Waals surface area contributed by atoms with E-state index in [1.807, 2.05) is 13.0 Å². The molecule has 0 amide bonds. The van der Waals surface area contributed by atoms with Gasteiger partial charge in [0.05, 0.1) is 18.2 Å². The van der Waals surface area contributed by atoms with Crippen LogP contribution in [0.2, 0.25) is 0 Å². The molecule has 2 nitrogen and oxygen atoms in total. The van der Waals surface area contributed by atoms with Gasteiger partial charge in [0.2, 0.25) is 0 Å². The highest BCUT2D eigenvalue weighted by molar-refractivity contribution is 9.09. The van der Waals surface area contributed by atoms with Crippen LogP contribution in [0.3, 0.4) is 0 Å². The van der Waals surface area contributed by atoms with E-state index in [2.05, 4.69) is 22.0 Å². The molecule has 0 N–H and O–H groups in total. The number of nitrogens with zero attached hydrogens (tertiary/aromatic N) is 1. The summed E-state index contributed by atoms with van der Waals surface area (Å²) >= 11 is 3.28. The van der Waals surface area contributed by atoms with Crippen molar-refractivity contribution in [2.24, 2.45) is 0 Å². The normalized spacial score (nSPS) is 9.31. The van der Waals surface area contributed by atoms with Gasteiger partial charge in [-0.05, 0) is 24.6 Å². The second-order valence-electron chi connectivity index (χ2n) is 2.63. The summed E-state index contributed by atoms with van der Waals surface area (Å²) < 4.78 is 5.43. The number of hydrogen-bond donors (Lipinski definition) is 0. The molecule has 0 heterocycles. The summed E-state index contributed by atoms with van der Waals surface area (Å²) in [5.41, 5.74) is 1.69. The van der Waals surface area contributed by atoms with Crippen LogP contribution >= 0.6 is 15.9 Å². The number of aryl methyl sites for hydroxylation is 1. The number of ether oxygens (including phenoxy) is 1. The number of alkyl halides is 1. The van der Waals surface area contributed by atoms with Gasteiger partial charge in [0, 0.05) is 5.33 Å². The van der Waals surface area contributed by atoms with Gasteiger partial charge < -0.3 is 4.74 Å². The fourth-order valence-corrected chi connectivity index (χ4v) is 1.14. The summed E-state index contributed by atoms with van der Waals surface area (Å²) in [6.07, 6.45) is 0. The molecule has 0 aliphatic rings. The zero-order chi connectivity index (χ0) is 9.68. The minimum atomic E-state index is 0.621. The van der Waals surface area contributed by atoms with E-state index in [-0.39, 0.29) is 0 Å². The van der Waals surface area contributed by atoms with Crippen molar-refractivity contribution in [3.63, 3.8) is 0 Å². The van der Waals surface area contributed by atoms with Gasteiger partial charge in [-0.25, -0.2) is 0 Å². The minimum Gasteiger partial charge on any atom is -0.492 e. The second-order valence-corrected chi connectivity index (χ2v) is 3.42. The molecule has 0 unspecified atom stereocenters. The lowest BCUT2D eigenvalue weighted by Crippen LogP contribution is -1.99. The fraction of sp³-hybridized carbons (Fsp3) is 0.300. The van der Waals surface area contributed by atoms with E-state index in [9.17, 15) is 0 Å². The lowest BCUT2D eigenvalue weighted by atomic mass is 10.1. The summed E-state index contributed by atoms with van der Waals surface area (Å²) in [6.45, 7) is 2.58. The van der Waals surface area contributed by atoms with E-state index in [1.54, 1.807) is 12.1 Å². The van der Waals surface area contributed by atoms with Crippen LogP contribution in [0.5, 0.6) is 5.75 Å². The van der Waals surface area contributed by atoms with E-state index >= 15 is 0 Å². The molecule has 0 aliphatic carbocycles. The number of hydrogen-bond acceptors (Lipinski definition) is 2. The Bertz CT molecular complexity index is 330. The van der Waals surface area contributed by atoms with Crippen molar-refractivity contribution in [2.45, 2.75) is 6.92 Å². The Labute approximate surface area is 86.3 Å². The number of benzene rings is 1. The molecule has 3 heteroatoms. The van der Waals surface area contributed by atoms with Crippen LogP contribution in [0.1, 0.15) is 11.1 Å². The monoisotopic (exact) mass is 239 g/mol. The van der Waals surface area contributed by atoms with E-state index in [0.717, 1.165) is 16.6 Å². The summed E-state index contributed by atoms with van der Waals surface area (Å²) in [5, 5.41) is 9.46. The predicted octanol–water partition coefficient (Wildman–Crippen LogP) is 2.64. The van der Waals surface area contributed by atoms with Gasteiger partial charge in [-0.3, -0.25) is 0 Å². The molecule has 0 aliphatic heterocycles. The standard InChI is InChI=1S/C10H10BrNO/c1-8-2-3-9(7-12)6-10(8)13-5-4-11/h2-3,6H,4-5H2,1H3. The highest BCUT2D eigenvalue weighted by Gasteiger charge is 2.00. The smallest absolute Gasteiger partial charge is 0.123 e. The zero-order valence-electron chi connectivity index (χ0n) is 7.38. The van der Waals surface area contributed by atoms with Crippen LogP contribution in [0.4, 0.5) is 0 Å². The zero-order valence-corrected chi connectivity index (χ0v) is 8.97. The average molecular weight is 240 g/mol. The van der Waals surface area contributed by atoms with Gasteiger partial charge in [-0.2, -0.15) is 5.26 Å². The quantitative estimate of drug-likeness (QED) is 0.761. The first kappa shape index (κ1) is 10.1. The first-order valence-electron chi connectivity index (χ1n) is 3.97. The molecule has 0 radical (unpaired) electrons. The Kier molecular flexibility index (Phi) is 3.78. The number of halogens is 1. The second kappa shape index (κ2) is 4.88. The Balaban J connectivity index is 2.85. The fourth-order valence-electron chi connectivity index (χ4n) is 0.974.